The Morgan fingerprint density at radius 3 is 1.80 bits per heavy atom. The highest BCUT2D eigenvalue weighted by Crippen LogP contribution is 2.58. The lowest BCUT2D eigenvalue weighted by Gasteiger charge is -2.44. The van der Waals surface area contributed by atoms with Crippen LogP contribution in [0.3, 0.4) is 0 Å². The van der Waals surface area contributed by atoms with Crippen LogP contribution in [0.5, 0.6) is 0 Å². The molecule has 2 nitrogen and oxygen atoms in total. The molecular formula is C62H48N2. The topological polar surface area (TPSA) is 6.48 Å². The Hall–Kier alpha value is -7.68. The Kier molecular flexibility index (Phi) is 8.58. The van der Waals surface area contributed by atoms with Crippen LogP contribution in [0.15, 0.2) is 218 Å². The zero-order valence-corrected chi connectivity index (χ0v) is 36.7. The van der Waals surface area contributed by atoms with Crippen molar-refractivity contribution in [2.45, 2.75) is 38.5 Å². The third-order valence-corrected chi connectivity index (χ3v) is 14.2. The number of hydrogen-bond donors (Lipinski definition) is 0. The van der Waals surface area contributed by atoms with Crippen molar-refractivity contribution in [1.29, 1.82) is 0 Å². The summed E-state index contributed by atoms with van der Waals surface area (Å²) in [4.78, 5) is 5.08. The molecule has 0 unspecified atom stereocenters. The van der Waals surface area contributed by atoms with E-state index in [1.54, 1.807) is 0 Å². The molecule has 1 aliphatic carbocycles. The first-order valence-electron chi connectivity index (χ1n) is 22.5. The second-order valence-electron chi connectivity index (χ2n) is 18.6. The van der Waals surface area contributed by atoms with Gasteiger partial charge in [-0.1, -0.05) is 191 Å². The minimum Gasteiger partial charge on any atom is -0.308 e. The highest BCUT2D eigenvalue weighted by Gasteiger charge is 2.40. The Bertz CT molecular complexity index is 3470. The smallest absolute Gasteiger partial charge is 0.0781 e. The van der Waals surface area contributed by atoms with Gasteiger partial charge in [0.2, 0.25) is 0 Å². The first-order chi connectivity index (χ1) is 31.3. The maximum Gasteiger partial charge on any atom is 0.0781 e. The Labute approximate surface area is 376 Å². The minimum absolute atomic E-state index is 0.162. The lowest BCUT2D eigenvalue weighted by atomic mass is 9.72. The lowest BCUT2D eigenvalue weighted by Crippen LogP contribution is -2.31. The maximum atomic E-state index is 2.57. The van der Waals surface area contributed by atoms with Crippen LogP contribution in [0, 0.1) is 0 Å². The van der Waals surface area contributed by atoms with E-state index in [0.29, 0.717) is 0 Å². The van der Waals surface area contributed by atoms with E-state index in [9.17, 15) is 0 Å². The van der Waals surface area contributed by atoms with Gasteiger partial charge in [0, 0.05) is 27.6 Å². The minimum atomic E-state index is -0.274. The number of nitrogens with zero attached hydrogens (tertiary/aromatic N) is 2. The van der Waals surface area contributed by atoms with Gasteiger partial charge in [-0.05, 0) is 126 Å². The molecule has 2 aliphatic rings. The van der Waals surface area contributed by atoms with Gasteiger partial charge < -0.3 is 9.80 Å². The fourth-order valence-electron chi connectivity index (χ4n) is 10.9. The number of para-hydroxylation sites is 1. The molecule has 2 heteroatoms. The van der Waals surface area contributed by atoms with Gasteiger partial charge in [0.15, 0.2) is 0 Å². The molecule has 0 radical (unpaired) electrons. The molecule has 0 aromatic heterocycles. The van der Waals surface area contributed by atoms with E-state index in [1.165, 1.54) is 88.6 Å². The van der Waals surface area contributed by atoms with E-state index >= 15 is 0 Å². The molecule has 0 saturated heterocycles. The molecule has 64 heavy (non-hydrogen) atoms. The van der Waals surface area contributed by atoms with Crippen LogP contribution in [-0.2, 0) is 10.8 Å². The summed E-state index contributed by atoms with van der Waals surface area (Å²) in [7, 11) is 0. The Morgan fingerprint density at radius 2 is 0.938 bits per heavy atom. The van der Waals surface area contributed by atoms with E-state index in [1.807, 2.05) is 0 Å². The molecule has 0 spiro atoms. The van der Waals surface area contributed by atoms with Crippen LogP contribution < -0.4 is 9.80 Å². The Morgan fingerprint density at radius 1 is 0.344 bits per heavy atom. The molecule has 0 saturated carbocycles. The van der Waals surface area contributed by atoms with Crippen molar-refractivity contribution in [3.05, 3.63) is 241 Å². The van der Waals surface area contributed by atoms with Crippen LogP contribution in [0.2, 0.25) is 0 Å². The van der Waals surface area contributed by atoms with Gasteiger partial charge in [0.1, 0.15) is 0 Å². The van der Waals surface area contributed by atoms with Crippen molar-refractivity contribution in [1.82, 2.24) is 0 Å². The molecular weight excluding hydrogens is 773 g/mol. The molecule has 0 fully saturated rings. The van der Waals surface area contributed by atoms with Crippen LogP contribution in [0.4, 0.5) is 34.1 Å². The molecule has 0 bridgehead atoms. The average Bonchev–Trinajstić information content (AvgIpc) is 3.57. The number of benzene rings is 10. The third kappa shape index (κ3) is 5.86. The molecule has 10 aromatic carbocycles. The van der Waals surface area contributed by atoms with Crippen LogP contribution in [0.1, 0.15) is 49.9 Å². The summed E-state index contributed by atoms with van der Waals surface area (Å²) in [5.74, 6) is 0. The predicted octanol–water partition coefficient (Wildman–Crippen LogP) is 17.2. The van der Waals surface area contributed by atoms with E-state index in [-0.39, 0.29) is 10.8 Å². The zero-order valence-electron chi connectivity index (χ0n) is 36.7. The Balaban J connectivity index is 1.13. The summed E-state index contributed by atoms with van der Waals surface area (Å²) in [5.41, 5.74) is 19.2. The van der Waals surface area contributed by atoms with Crippen molar-refractivity contribution in [3.8, 4) is 33.4 Å². The molecule has 0 N–H and O–H groups in total. The fourth-order valence-corrected chi connectivity index (χ4v) is 10.9. The lowest BCUT2D eigenvalue weighted by molar-refractivity contribution is 0.632. The van der Waals surface area contributed by atoms with Gasteiger partial charge in [-0.25, -0.2) is 0 Å². The first-order valence-corrected chi connectivity index (χ1v) is 22.5. The number of rotatable bonds is 6. The van der Waals surface area contributed by atoms with Gasteiger partial charge in [-0.15, -0.1) is 0 Å². The highest BCUT2D eigenvalue weighted by atomic mass is 15.2. The summed E-state index contributed by atoms with van der Waals surface area (Å²) in [6, 6.07) is 81.2. The van der Waals surface area contributed by atoms with Crippen LogP contribution >= 0.6 is 0 Å². The molecule has 1 aliphatic heterocycles. The molecule has 12 rings (SSSR count). The van der Waals surface area contributed by atoms with Crippen molar-refractivity contribution in [3.63, 3.8) is 0 Å². The molecule has 0 atom stereocenters. The molecule has 10 aromatic rings. The van der Waals surface area contributed by atoms with Crippen LogP contribution in [0.25, 0.3) is 54.9 Å². The SMILES string of the molecule is CC1(C)c2ccccc2-c2ccc(N(c3cccc(-c4ccccc4)c3)c3ccc4ccccc4c3N3c4ccccc4C(C)(C)c4cc(-c5ccc6ccccc6c5)ccc43)cc21. The quantitative estimate of drug-likeness (QED) is 0.165. The van der Waals surface area contributed by atoms with Gasteiger partial charge in [-0.3, -0.25) is 0 Å². The fraction of sp³-hybridized carbons (Fsp3) is 0.0968. The number of fused-ring (bicyclic) bond motifs is 7. The van der Waals surface area contributed by atoms with Crippen LogP contribution in [-0.4, -0.2) is 0 Å². The second-order valence-corrected chi connectivity index (χ2v) is 18.6. The monoisotopic (exact) mass is 820 g/mol. The van der Waals surface area contributed by atoms with E-state index < -0.39 is 0 Å². The first kappa shape index (κ1) is 38.0. The highest BCUT2D eigenvalue weighted by molar-refractivity contribution is 6.09. The van der Waals surface area contributed by atoms with E-state index in [4.69, 9.17) is 0 Å². The van der Waals surface area contributed by atoms with Gasteiger partial charge in [0.05, 0.1) is 22.7 Å². The predicted molar refractivity (Wildman–Crippen MR) is 271 cm³/mol. The third-order valence-electron chi connectivity index (χ3n) is 14.2. The van der Waals surface area contributed by atoms with Crippen molar-refractivity contribution in [2.75, 3.05) is 9.80 Å². The normalized spacial score (nSPS) is 14.2. The van der Waals surface area contributed by atoms with Crippen molar-refractivity contribution in [2.24, 2.45) is 0 Å². The average molecular weight is 821 g/mol. The molecule has 0 amide bonds. The zero-order chi connectivity index (χ0) is 43.2. The maximum absolute atomic E-state index is 2.57. The van der Waals surface area contributed by atoms with Gasteiger partial charge in [0.25, 0.3) is 0 Å². The summed E-state index contributed by atoms with van der Waals surface area (Å²) in [6.45, 7) is 9.53. The van der Waals surface area contributed by atoms with Gasteiger partial charge >= 0.3 is 0 Å². The molecule has 1 heterocycles. The van der Waals surface area contributed by atoms with E-state index in [0.717, 1.165) is 22.7 Å². The van der Waals surface area contributed by atoms with Crippen molar-refractivity contribution < 1.29 is 0 Å². The van der Waals surface area contributed by atoms with Crippen molar-refractivity contribution >= 4 is 55.7 Å². The summed E-state index contributed by atoms with van der Waals surface area (Å²) in [6.07, 6.45) is 0. The summed E-state index contributed by atoms with van der Waals surface area (Å²) in [5, 5.41) is 4.89. The van der Waals surface area contributed by atoms with E-state index in [2.05, 4.69) is 256 Å². The summed E-state index contributed by atoms with van der Waals surface area (Å²) >= 11 is 0. The second kappa shape index (κ2) is 14.4. The number of anilines is 6. The van der Waals surface area contributed by atoms with Gasteiger partial charge in [-0.2, -0.15) is 0 Å². The largest absolute Gasteiger partial charge is 0.308 e. The molecule has 306 valence electrons. The standard InChI is InChI=1S/C62H48N2/c1-61(2)53-26-13-12-25-51(53)52-34-33-49(40-55(52)61)63(48-23-16-22-45(38-48)41-17-6-5-7-18-41)59-36-31-43-20-10-11-24-50(43)60(59)64-57-28-15-14-27-54(57)62(3,4)56-39-47(32-35-58(56)64)46-30-29-42-19-8-9-21-44(42)37-46/h5-40H,1-4H3. The summed E-state index contributed by atoms with van der Waals surface area (Å²) < 4.78 is 0. The number of hydrogen-bond acceptors (Lipinski definition) is 2.